The molecular weight excluding hydrogens is 600 g/mol. The van der Waals surface area contributed by atoms with E-state index in [1.54, 1.807) is 36.4 Å². The standard InChI is InChI=1S/C34H28O12/c1-5-31(35)43-19-15-39-27-13-11-25(29(23-27)41-17-21-45-33(37)7-3)9-10-26-12-14-28(40-16-20-44-32(36)6-2)24-30(26)42-18-22-46-34(38)8-4/h5-24H,1-4H2/b10-9+,19-15+,20-16+,21-17+,22-18+. The van der Waals surface area contributed by atoms with Crippen molar-refractivity contribution in [1.82, 2.24) is 0 Å². The fourth-order valence-electron chi connectivity index (χ4n) is 2.82. The van der Waals surface area contributed by atoms with E-state index < -0.39 is 23.9 Å². The van der Waals surface area contributed by atoms with E-state index in [0.717, 1.165) is 74.4 Å². The first-order valence-corrected chi connectivity index (χ1v) is 12.8. The van der Waals surface area contributed by atoms with E-state index in [4.69, 9.17) is 37.9 Å². The summed E-state index contributed by atoms with van der Waals surface area (Å²) < 4.78 is 41.2. The molecule has 0 aliphatic heterocycles. The molecule has 2 rings (SSSR count). The van der Waals surface area contributed by atoms with Crippen molar-refractivity contribution in [2.75, 3.05) is 0 Å². The van der Waals surface area contributed by atoms with E-state index in [1.807, 2.05) is 0 Å². The average molecular weight is 629 g/mol. The van der Waals surface area contributed by atoms with Crippen molar-refractivity contribution in [2.24, 2.45) is 0 Å². The summed E-state index contributed by atoms with van der Waals surface area (Å²) in [4.78, 5) is 45.0. The monoisotopic (exact) mass is 628 g/mol. The van der Waals surface area contributed by atoms with Gasteiger partial charge < -0.3 is 37.9 Å². The van der Waals surface area contributed by atoms with Crippen molar-refractivity contribution in [3.63, 3.8) is 0 Å². The van der Waals surface area contributed by atoms with Crippen LogP contribution in [-0.2, 0) is 38.1 Å². The summed E-state index contributed by atoms with van der Waals surface area (Å²) in [6.07, 6.45) is 16.0. The molecule has 0 saturated heterocycles. The lowest BCUT2D eigenvalue weighted by atomic mass is 10.1. The molecule has 0 unspecified atom stereocenters. The summed E-state index contributed by atoms with van der Waals surface area (Å²) in [5.41, 5.74) is 1.09. The predicted molar refractivity (Wildman–Crippen MR) is 166 cm³/mol. The van der Waals surface area contributed by atoms with Crippen molar-refractivity contribution in [1.29, 1.82) is 0 Å². The van der Waals surface area contributed by atoms with Crippen LogP contribution in [0, 0.1) is 0 Å². The molecule has 0 radical (unpaired) electrons. The smallest absolute Gasteiger partial charge is 0.335 e. The lowest BCUT2D eigenvalue weighted by Crippen LogP contribution is -1.95. The Morgan fingerprint density at radius 1 is 0.435 bits per heavy atom. The number of hydrogen-bond acceptors (Lipinski definition) is 12. The second-order valence-electron chi connectivity index (χ2n) is 7.86. The van der Waals surface area contributed by atoms with Gasteiger partial charge in [0.15, 0.2) is 0 Å². The molecule has 2 aromatic carbocycles. The maximum Gasteiger partial charge on any atom is 0.335 e. The third-order valence-corrected chi connectivity index (χ3v) is 4.84. The molecule has 12 heteroatoms. The van der Waals surface area contributed by atoms with Gasteiger partial charge >= 0.3 is 23.9 Å². The van der Waals surface area contributed by atoms with E-state index in [1.165, 1.54) is 12.1 Å². The average Bonchev–Trinajstić information content (AvgIpc) is 3.08. The molecule has 0 N–H and O–H groups in total. The Morgan fingerprint density at radius 2 is 0.739 bits per heavy atom. The van der Waals surface area contributed by atoms with Crippen LogP contribution < -0.4 is 18.9 Å². The zero-order chi connectivity index (χ0) is 33.6. The van der Waals surface area contributed by atoms with Crippen molar-refractivity contribution >= 4 is 36.0 Å². The van der Waals surface area contributed by atoms with Gasteiger partial charge in [-0.15, -0.1) is 0 Å². The summed E-state index contributed by atoms with van der Waals surface area (Å²) >= 11 is 0. The Morgan fingerprint density at radius 3 is 1.04 bits per heavy atom. The minimum Gasteiger partial charge on any atom is -0.462 e. The minimum atomic E-state index is -0.683. The van der Waals surface area contributed by atoms with Gasteiger partial charge in [0.25, 0.3) is 0 Å². The number of benzene rings is 2. The Kier molecular flexibility index (Phi) is 15.5. The van der Waals surface area contributed by atoms with Gasteiger partial charge in [0, 0.05) is 47.6 Å². The minimum absolute atomic E-state index is 0.272. The molecule has 0 bridgehead atoms. The van der Waals surface area contributed by atoms with Gasteiger partial charge in [-0.05, 0) is 24.3 Å². The van der Waals surface area contributed by atoms with Crippen molar-refractivity contribution in [3.8, 4) is 23.0 Å². The topological polar surface area (TPSA) is 142 Å². The molecule has 0 atom stereocenters. The van der Waals surface area contributed by atoms with Crippen LogP contribution in [0.3, 0.4) is 0 Å². The molecule has 2 aromatic rings. The predicted octanol–water partition coefficient (Wildman–Crippen LogP) is 6.17. The first kappa shape index (κ1) is 35.4. The lowest BCUT2D eigenvalue weighted by Gasteiger charge is -2.10. The van der Waals surface area contributed by atoms with Crippen molar-refractivity contribution in [2.45, 2.75) is 0 Å². The molecule has 0 aromatic heterocycles. The molecule has 236 valence electrons. The van der Waals surface area contributed by atoms with Gasteiger partial charge in [-0.2, -0.15) is 0 Å². The summed E-state index contributed by atoms with van der Waals surface area (Å²) in [5.74, 6) is -1.52. The van der Waals surface area contributed by atoms with Gasteiger partial charge in [0.2, 0.25) is 0 Å². The first-order chi connectivity index (χ1) is 22.3. The Balaban J connectivity index is 2.37. The molecule has 0 fully saturated rings. The maximum atomic E-state index is 11.3. The molecule has 0 aliphatic carbocycles. The first-order valence-electron chi connectivity index (χ1n) is 12.8. The highest BCUT2D eigenvalue weighted by Crippen LogP contribution is 2.30. The fourth-order valence-corrected chi connectivity index (χ4v) is 2.82. The zero-order valence-corrected chi connectivity index (χ0v) is 24.3. The largest absolute Gasteiger partial charge is 0.462 e. The third-order valence-electron chi connectivity index (χ3n) is 4.84. The van der Waals surface area contributed by atoms with Crippen LogP contribution in [0.2, 0.25) is 0 Å². The van der Waals surface area contributed by atoms with E-state index in [0.29, 0.717) is 22.6 Å². The quantitative estimate of drug-likeness (QED) is 0.0612. The summed E-state index contributed by atoms with van der Waals surface area (Å²) in [7, 11) is 0. The Bertz CT molecular complexity index is 1470. The molecule has 46 heavy (non-hydrogen) atoms. The number of esters is 4. The number of hydrogen-bond donors (Lipinski definition) is 0. The maximum absolute atomic E-state index is 11.3. The molecular formula is C34H28O12. The summed E-state index contributed by atoms with van der Waals surface area (Å²) in [6, 6.07) is 9.60. The van der Waals surface area contributed by atoms with Crippen molar-refractivity contribution in [3.05, 3.63) is 148 Å². The molecule has 0 spiro atoms. The highest BCUT2D eigenvalue weighted by Gasteiger charge is 2.07. The summed E-state index contributed by atoms with van der Waals surface area (Å²) in [5, 5.41) is 0. The molecule has 0 aliphatic rings. The molecule has 12 nitrogen and oxygen atoms in total. The summed E-state index contributed by atoms with van der Waals surface area (Å²) in [6.45, 7) is 13.2. The molecule has 0 heterocycles. The van der Waals surface area contributed by atoms with Crippen LogP contribution in [0.1, 0.15) is 11.1 Å². The Labute approximate surface area is 264 Å². The van der Waals surface area contributed by atoms with Gasteiger partial charge in [-0.3, -0.25) is 0 Å². The number of carbonyl (C=O) groups excluding carboxylic acids is 4. The van der Waals surface area contributed by atoms with E-state index in [-0.39, 0.29) is 11.5 Å². The van der Waals surface area contributed by atoms with Crippen LogP contribution in [0.25, 0.3) is 12.2 Å². The highest BCUT2D eigenvalue weighted by atomic mass is 16.6. The fraction of sp³-hybridized carbons (Fsp3) is 0. The second kappa shape index (κ2) is 20.1. The van der Waals surface area contributed by atoms with Crippen LogP contribution in [-0.4, -0.2) is 23.9 Å². The highest BCUT2D eigenvalue weighted by molar-refractivity contribution is 5.83. The number of ether oxygens (including phenoxy) is 8. The SMILES string of the molecule is C=CC(=O)O/C=C/Oc1ccc(/C=C/c2ccc(O/C=C/OC(=O)C=C)cc2O/C=C/OC(=O)C=C)c(O/C=C/OC(=O)C=C)c1. The van der Waals surface area contributed by atoms with Crippen LogP contribution >= 0.6 is 0 Å². The molecule has 0 saturated carbocycles. The van der Waals surface area contributed by atoms with Crippen molar-refractivity contribution < 1.29 is 57.1 Å². The van der Waals surface area contributed by atoms with E-state index >= 15 is 0 Å². The van der Waals surface area contributed by atoms with Crippen LogP contribution in [0.5, 0.6) is 23.0 Å². The lowest BCUT2D eigenvalue weighted by molar-refractivity contribution is -0.133. The van der Waals surface area contributed by atoms with Gasteiger partial charge in [-0.1, -0.05) is 38.5 Å². The second-order valence-corrected chi connectivity index (χ2v) is 7.86. The zero-order valence-electron chi connectivity index (χ0n) is 24.3. The van der Waals surface area contributed by atoms with Gasteiger partial charge in [0.05, 0.1) is 0 Å². The van der Waals surface area contributed by atoms with Crippen LogP contribution in [0.4, 0.5) is 0 Å². The van der Waals surface area contributed by atoms with E-state index in [2.05, 4.69) is 26.3 Å². The third kappa shape index (κ3) is 13.4. The number of carbonyl (C=O) groups is 4. The normalized spacial score (nSPS) is 10.9. The van der Waals surface area contributed by atoms with E-state index in [9.17, 15) is 19.2 Å². The molecule has 0 amide bonds. The van der Waals surface area contributed by atoms with Gasteiger partial charge in [-0.25, -0.2) is 19.2 Å². The van der Waals surface area contributed by atoms with Crippen LogP contribution in [0.15, 0.2) is 137 Å². The Hall–Kier alpha value is -6.82. The number of rotatable bonds is 18. The van der Waals surface area contributed by atoms with Gasteiger partial charge in [0.1, 0.15) is 73.1 Å².